The van der Waals surface area contributed by atoms with Gasteiger partial charge in [-0.1, -0.05) is 12.1 Å². The minimum atomic E-state index is -0.370. The number of carbonyl (C=O) groups excluding carboxylic acids is 2. The lowest BCUT2D eigenvalue weighted by molar-refractivity contribution is -0.115. The van der Waals surface area contributed by atoms with Gasteiger partial charge >= 0.3 is 0 Å². The van der Waals surface area contributed by atoms with E-state index >= 15 is 0 Å². The second-order valence-electron chi connectivity index (χ2n) is 6.05. The molecule has 0 aliphatic heterocycles. The van der Waals surface area contributed by atoms with Crippen LogP contribution < -0.4 is 10.6 Å². The Hall–Kier alpha value is -3.54. The smallest absolute Gasteiger partial charge is 0.229 e. The highest BCUT2D eigenvalue weighted by Crippen LogP contribution is 2.18. The molecule has 0 saturated carbocycles. The van der Waals surface area contributed by atoms with Crippen molar-refractivity contribution in [3.8, 4) is 0 Å². The van der Waals surface area contributed by atoms with E-state index in [-0.39, 0.29) is 23.9 Å². The SMILES string of the molecule is CC(=O)c1ccc(Nc2ccc(NC(=O)Cc3cccc(F)c3)nc2)cc1. The van der Waals surface area contributed by atoms with Gasteiger partial charge in [-0.05, 0) is 61.0 Å². The Morgan fingerprint density at radius 1 is 1.00 bits per heavy atom. The van der Waals surface area contributed by atoms with E-state index in [1.54, 1.807) is 42.6 Å². The summed E-state index contributed by atoms with van der Waals surface area (Å²) in [6.45, 7) is 1.52. The Labute approximate surface area is 156 Å². The quantitative estimate of drug-likeness (QED) is 0.639. The van der Waals surface area contributed by atoms with E-state index in [9.17, 15) is 14.0 Å². The average Bonchev–Trinajstić information content (AvgIpc) is 2.64. The number of benzene rings is 2. The van der Waals surface area contributed by atoms with Crippen molar-refractivity contribution in [1.29, 1.82) is 0 Å². The molecule has 0 unspecified atom stereocenters. The Balaban J connectivity index is 1.58. The monoisotopic (exact) mass is 363 g/mol. The molecule has 0 radical (unpaired) electrons. The second-order valence-corrected chi connectivity index (χ2v) is 6.05. The van der Waals surface area contributed by atoms with Gasteiger partial charge in [0, 0.05) is 11.3 Å². The van der Waals surface area contributed by atoms with Crippen LogP contribution in [0.15, 0.2) is 66.9 Å². The number of nitrogens with zero attached hydrogens (tertiary/aromatic N) is 1. The van der Waals surface area contributed by atoms with Crippen LogP contribution in [0.1, 0.15) is 22.8 Å². The lowest BCUT2D eigenvalue weighted by Gasteiger charge is -2.08. The fourth-order valence-corrected chi connectivity index (χ4v) is 2.52. The largest absolute Gasteiger partial charge is 0.354 e. The third-order valence-corrected chi connectivity index (χ3v) is 3.86. The molecule has 27 heavy (non-hydrogen) atoms. The van der Waals surface area contributed by atoms with Crippen molar-refractivity contribution in [3.05, 3.63) is 83.8 Å². The summed E-state index contributed by atoms with van der Waals surface area (Å²) in [4.78, 5) is 27.5. The van der Waals surface area contributed by atoms with Crippen LogP contribution in [0.25, 0.3) is 0 Å². The number of nitrogens with one attached hydrogen (secondary N) is 2. The molecule has 3 aromatic rings. The minimum Gasteiger partial charge on any atom is -0.354 e. The van der Waals surface area contributed by atoms with Crippen LogP contribution >= 0.6 is 0 Å². The normalized spacial score (nSPS) is 10.3. The highest BCUT2D eigenvalue weighted by atomic mass is 19.1. The number of Topliss-reactive ketones (excluding diaryl/α,β-unsaturated/α-hetero) is 1. The van der Waals surface area contributed by atoms with Gasteiger partial charge in [-0.15, -0.1) is 0 Å². The lowest BCUT2D eigenvalue weighted by Crippen LogP contribution is -2.15. The number of hydrogen-bond acceptors (Lipinski definition) is 4. The predicted octanol–water partition coefficient (Wildman–Crippen LogP) is 4.35. The van der Waals surface area contributed by atoms with Crippen molar-refractivity contribution in [2.24, 2.45) is 0 Å². The first-order valence-corrected chi connectivity index (χ1v) is 8.38. The molecule has 136 valence electrons. The first-order chi connectivity index (χ1) is 13.0. The fraction of sp³-hybridized carbons (Fsp3) is 0.0952. The van der Waals surface area contributed by atoms with E-state index in [0.717, 1.165) is 11.4 Å². The van der Waals surface area contributed by atoms with Crippen LogP contribution in [0.5, 0.6) is 0 Å². The van der Waals surface area contributed by atoms with Crippen LogP contribution in [0, 0.1) is 5.82 Å². The van der Waals surface area contributed by atoms with Gasteiger partial charge in [-0.3, -0.25) is 9.59 Å². The summed E-state index contributed by atoms with van der Waals surface area (Å²) in [6.07, 6.45) is 1.67. The van der Waals surface area contributed by atoms with Crippen molar-refractivity contribution in [2.45, 2.75) is 13.3 Å². The number of anilines is 3. The summed E-state index contributed by atoms with van der Waals surface area (Å²) >= 11 is 0. The second kappa shape index (κ2) is 8.23. The third kappa shape index (κ3) is 5.22. The van der Waals surface area contributed by atoms with E-state index < -0.39 is 0 Å². The van der Waals surface area contributed by atoms with Crippen molar-refractivity contribution in [2.75, 3.05) is 10.6 Å². The Morgan fingerprint density at radius 3 is 2.37 bits per heavy atom. The summed E-state index contributed by atoms with van der Waals surface area (Å²) in [5.41, 5.74) is 2.81. The molecule has 0 aliphatic carbocycles. The molecule has 1 amide bonds. The van der Waals surface area contributed by atoms with Crippen molar-refractivity contribution in [3.63, 3.8) is 0 Å². The van der Waals surface area contributed by atoms with E-state index in [2.05, 4.69) is 15.6 Å². The molecule has 5 nitrogen and oxygen atoms in total. The Bertz CT molecular complexity index is 954. The Morgan fingerprint density at radius 2 is 1.74 bits per heavy atom. The highest BCUT2D eigenvalue weighted by Gasteiger charge is 2.06. The summed E-state index contributed by atoms with van der Waals surface area (Å²) in [5.74, 6) is -0.214. The predicted molar refractivity (Wildman–Crippen MR) is 103 cm³/mol. The molecule has 0 spiro atoms. The zero-order valence-corrected chi connectivity index (χ0v) is 14.7. The first-order valence-electron chi connectivity index (χ1n) is 8.38. The van der Waals surface area contributed by atoms with E-state index in [1.807, 2.05) is 12.1 Å². The number of pyridine rings is 1. The molecule has 3 rings (SSSR count). The van der Waals surface area contributed by atoms with Gasteiger partial charge in [0.05, 0.1) is 18.3 Å². The van der Waals surface area contributed by atoms with Gasteiger partial charge in [0.15, 0.2) is 5.78 Å². The molecule has 0 atom stereocenters. The number of aromatic nitrogens is 1. The number of rotatable bonds is 6. The Kier molecular flexibility index (Phi) is 5.56. The molecule has 0 fully saturated rings. The van der Waals surface area contributed by atoms with Crippen molar-refractivity contribution < 1.29 is 14.0 Å². The molecular weight excluding hydrogens is 345 g/mol. The van der Waals surface area contributed by atoms with Crippen LogP contribution in [-0.4, -0.2) is 16.7 Å². The van der Waals surface area contributed by atoms with E-state index in [1.165, 1.54) is 19.1 Å². The topological polar surface area (TPSA) is 71.1 Å². The first kappa shape index (κ1) is 18.3. The lowest BCUT2D eigenvalue weighted by atomic mass is 10.1. The van der Waals surface area contributed by atoms with Crippen LogP contribution in [-0.2, 0) is 11.2 Å². The fourth-order valence-electron chi connectivity index (χ4n) is 2.52. The zero-order chi connectivity index (χ0) is 19.2. The zero-order valence-electron chi connectivity index (χ0n) is 14.7. The van der Waals surface area contributed by atoms with Gasteiger partial charge in [0.25, 0.3) is 0 Å². The molecule has 2 aromatic carbocycles. The molecule has 2 N–H and O–H groups in total. The van der Waals surface area contributed by atoms with Crippen LogP contribution in [0.2, 0.25) is 0 Å². The van der Waals surface area contributed by atoms with Gasteiger partial charge in [0.2, 0.25) is 5.91 Å². The maximum absolute atomic E-state index is 13.2. The minimum absolute atomic E-state index is 0.0153. The number of halogens is 1. The van der Waals surface area contributed by atoms with Crippen LogP contribution in [0.3, 0.4) is 0 Å². The number of hydrogen-bond donors (Lipinski definition) is 2. The van der Waals surface area contributed by atoms with Gasteiger partial charge in [0.1, 0.15) is 11.6 Å². The summed E-state index contributed by atoms with van der Waals surface area (Å²) in [5, 5.41) is 5.85. The van der Waals surface area contributed by atoms with Gasteiger partial charge in [-0.2, -0.15) is 0 Å². The molecule has 1 aromatic heterocycles. The van der Waals surface area contributed by atoms with Gasteiger partial charge < -0.3 is 10.6 Å². The van der Waals surface area contributed by atoms with Crippen molar-refractivity contribution in [1.82, 2.24) is 4.98 Å². The standard InChI is InChI=1S/C21H18FN3O2/c1-14(26)16-5-7-18(8-6-16)24-19-9-10-20(23-13-19)25-21(27)12-15-3-2-4-17(22)11-15/h2-11,13,24H,12H2,1H3,(H,23,25,27). The highest BCUT2D eigenvalue weighted by molar-refractivity contribution is 5.94. The maximum atomic E-state index is 13.2. The molecule has 6 heteroatoms. The number of amides is 1. The third-order valence-electron chi connectivity index (χ3n) is 3.86. The summed E-state index contributed by atoms with van der Waals surface area (Å²) in [7, 11) is 0. The van der Waals surface area contributed by atoms with Crippen molar-refractivity contribution >= 4 is 28.9 Å². The number of ketones is 1. The number of carbonyl (C=O) groups is 2. The summed E-state index contributed by atoms with van der Waals surface area (Å²) in [6, 6.07) is 16.5. The molecular formula is C21H18FN3O2. The average molecular weight is 363 g/mol. The molecule has 0 saturated heterocycles. The van der Waals surface area contributed by atoms with E-state index in [4.69, 9.17) is 0 Å². The summed E-state index contributed by atoms with van der Waals surface area (Å²) < 4.78 is 13.2. The molecule has 1 heterocycles. The molecule has 0 aliphatic rings. The van der Waals surface area contributed by atoms with Crippen LogP contribution in [0.4, 0.5) is 21.6 Å². The maximum Gasteiger partial charge on any atom is 0.229 e. The molecule has 0 bridgehead atoms. The van der Waals surface area contributed by atoms with Gasteiger partial charge in [-0.25, -0.2) is 9.37 Å². The van der Waals surface area contributed by atoms with E-state index in [0.29, 0.717) is 16.9 Å².